The van der Waals surface area contributed by atoms with Crippen molar-refractivity contribution in [2.45, 2.75) is 6.92 Å². The van der Waals surface area contributed by atoms with Crippen LogP contribution in [0.2, 0.25) is 0 Å². The van der Waals surface area contributed by atoms with Crippen LogP contribution >= 0.6 is 0 Å². The van der Waals surface area contributed by atoms with Crippen molar-refractivity contribution < 1.29 is 4.79 Å². The lowest BCUT2D eigenvalue weighted by Gasteiger charge is -2.04. The van der Waals surface area contributed by atoms with Gasteiger partial charge in [-0.2, -0.15) is 0 Å². The first-order valence-corrected chi connectivity index (χ1v) is 4.34. The van der Waals surface area contributed by atoms with E-state index < -0.39 is 0 Å². The van der Waals surface area contributed by atoms with Crippen molar-refractivity contribution >= 4 is 11.6 Å². The van der Waals surface area contributed by atoms with Gasteiger partial charge in [0.05, 0.1) is 0 Å². The molecule has 1 amide bonds. The standard InChI is InChI=1S/C10H14N2O/c1-3-12-10(13)8-5-4-6-9(7-8)11-2/h4-7,11H,3H2,1-2H3,(H,12,13). The maximum Gasteiger partial charge on any atom is 0.251 e. The second-order valence-corrected chi connectivity index (χ2v) is 2.69. The first kappa shape index (κ1) is 9.58. The molecule has 0 radical (unpaired) electrons. The summed E-state index contributed by atoms with van der Waals surface area (Å²) < 4.78 is 0. The largest absolute Gasteiger partial charge is 0.388 e. The predicted octanol–water partition coefficient (Wildman–Crippen LogP) is 1.48. The van der Waals surface area contributed by atoms with Gasteiger partial charge in [0.2, 0.25) is 0 Å². The molecule has 0 aromatic heterocycles. The second kappa shape index (κ2) is 4.50. The fraction of sp³-hybridized carbons (Fsp3) is 0.300. The third-order valence-corrected chi connectivity index (χ3v) is 1.75. The van der Waals surface area contributed by atoms with Crippen LogP contribution in [0.4, 0.5) is 5.69 Å². The molecule has 3 heteroatoms. The van der Waals surface area contributed by atoms with E-state index in [9.17, 15) is 4.79 Å². The Hall–Kier alpha value is -1.51. The number of carbonyl (C=O) groups excluding carboxylic acids is 1. The van der Waals surface area contributed by atoms with E-state index >= 15 is 0 Å². The molecule has 0 aliphatic carbocycles. The van der Waals surface area contributed by atoms with Crippen LogP contribution in [0.3, 0.4) is 0 Å². The molecule has 0 atom stereocenters. The third-order valence-electron chi connectivity index (χ3n) is 1.75. The highest BCUT2D eigenvalue weighted by molar-refractivity contribution is 5.95. The van der Waals surface area contributed by atoms with Crippen molar-refractivity contribution in [2.24, 2.45) is 0 Å². The molecule has 0 heterocycles. The molecule has 0 saturated heterocycles. The number of anilines is 1. The van der Waals surface area contributed by atoms with Gasteiger partial charge in [-0.25, -0.2) is 0 Å². The molecule has 0 fully saturated rings. The van der Waals surface area contributed by atoms with E-state index in [0.29, 0.717) is 12.1 Å². The van der Waals surface area contributed by atoms with Crippen LogP contribution in [0.25, 0.3) is 0 Å². The second-order valence-electron chi connectivity index (χ2n) is 2.69. The van der Waals surface area contributed by atoms with Crippen LogP contribution in [0.1, 0.15) is 17.3 Å². The smallest absolute Gasteiger partial charge is 0.251 e. The average Bonchev–Trinajstić information content (AvgIpc) is 2.18. The lowest BCUT2D eigenvalue weighted by molar-refractivity contribution is 0.0956. The predicted molar refractivity (Wildman–Crippen MR) is 54.0 cm³/mol. The summed E-state index contributed by atoms with van der Waals surface area (Å²) in [6.45, 7) is 2.56. The summed E-state index contributed by atoms with van der Waals surface area (Å²) in [6, 6.07) is 7.40. The van der Waals surface area contributed by atoms with Gasteiger partial charge in [0.15, 0.2) is 0 Å². The molecule has 0 unspecified atom stereocenters. The summed E-state index contributed by atoms with van der Waals surface area (Å²) >= 11 is 0. The Morgan fingerprint density at radius 1 is 1.46 bits per heavy atom. The molecular weight excluding hydrogens is 164 g/mol. The molecule has 1 aromatic carbocycles. The maximum atomic E-state index is 11.4. The van der Waals surface area contributed by atoms with Gasteiger partial charge in [-0.05, 0) is 25.1 Å². The highest BCUT2D eigenvalue weighted by atomic mass is 16.1. The molecule has 0 aliphatic rings. The van der Waals surface area contributed by atoms with Gasteiger partial charge in [0.25, 0.3) is 5.91 Å². The fourth-order valence-electron chi connectivity index (χ4n) is 1.08. The quantitative estimate of drug-likeness (QED) is 0.736. The number of hydrogen-bond donors (Lipinski definition) is 2. The van der Waals surface area contributed by atoms with E-state index in [4.69, 9.17) is 0 Å². The summed E-state index contributed by atoms with van der Waals surface area (Å²) in [7, 11) is 1.83. The van der Waals surface area contributed by atoms with E-state index in [1.807, 2.05) is 32.2 Å². The zero-order valence-electron chi connectivity index (χ0n) is 7.92. The Bertz CT molecular complexity index is 297. The van der Waals surface area contributed by atoms with Crippen LogP contribution in [-0.4, -0.2) is 19.5 Å². The van der Waals surface area contributed by atoms with E-state index in [0.717, 1.165) is 5.69 Å². The molecule has 2 N–H and O–H groups in total. The molecule has 3 nitrogen and oxygen atoms in total. The van der Waals surface area contributed by atoms with Gasteiger partial charge < -0.3 is 10.6 Å². The molecule has 13 heavy (non-hydrogen) atoms. The van der Waals surface area contributed by atoms with Crippen LogP contribution in [-0.2, 0) is 0 Å². The molecule has 0 spiro atoms. The van der Waals surface area contributed by atoms with E-state index in [1.54, 1.807) is 6.07 Å². The number of rotatable bonds is 3. The number of nitrogens with one attached hydrogen (secondary N) is 2. The van der Waals surface area contributed by atoms with Crippen LogP contribution in [0.5, 0.6) is 0 Å². The average molecular weight is 178 g/mol. The van der Waals surface area contributed by atoms with E-state index in [-0.39, 0.29) is 5.91 Å². The third kappa shape index (κ3) is 2.47. The topological polar surface area (TPSA) is 41.1 Å². The van der Waals surface area contributed by atoms with E-state index in [2.05, 4.69) is 10.6 Å². The molecular formula is C10H14N2O. The molecule has 0 bridgehead atoms. The minimum Gasteiger partial charge on any atom is -0.388 e. The van der Waals surface area contributed by atoms with Gasteiger partial charge in [-0.3, -0.25) is 4.79 Å². The van der Waals surface area contributed by atoms with Crippen molar-refractivity contribution in [3.8, 4) is 0 Å². The summed E-state index contributed by atoms with van der Waals surface area (Å²) in [5.41, 5.74) is 1.64. The first-order valence-electron chi connectivity index (χ1n) is 4.34. The summed E-state index contributed by atoms with van der Waals surface area (Å²) in [4.78, 5) is 11.4. The number of carbonyl (C=O) groups is 1. The van der Waals surface area contributed by atoms with Crippen LogP contribution in [0.15, 0.2) is 24.3 Å². The molecule has 0 saturated carbocycles. The van der Waals surface area contributed by atoms with Gasteiger partial charge >= 0.3 is 0 Å². The zero-order valence-corrected chi connectivity index (χ0v) is 7.92. The first-order chi connectivity index (χ1) is 6.27. The van der Waals surface area contributed by atoms with Gasteiger partial charge in [-0.1, -0.05) is 6.07 Å². The Morgan fingerprint density at radius 2 is 2.23 bits per heavy atom. The molecule has 0 aliphatic heterocycles. The number of benzene rings is 1. The Balaban J connectivity index is 2.82. The van der Waals surface area contributed by atoms with Crippen molar-refractivity contribution in [3.63, 3.8) is 0 Å². The van der Waals surface area contributed by atoms with Crippen LogP contribution < -0.4 is 10.6 Å². The van der Waals surface area contributed by atoms with E-state index in [1.165, 1.54) is 0 Å². The minimum absolute atomic E-state index is 0.0281. The van der Waals surface area contributed by atoms with Crippen molar-refractivity contribution in [1.29, 1.82) is 0 Å². The van der Waals surface area contributed by atoms with Gasteiger partial charge in [0, 0.05) is 24.8 Å². The van der Waals surface area contributed by atoms with Crippen molar-refractivity contribution in [1.82, 2.24) is 5.32 Å². The highest BCUT2D eigenvalue weighted by Gasteiger charge is 2.02. The van der Waals surface area contributed by atoms with Crippen LogP contribution in [0, 0.1) is 0 Å². The molecule has 1 rings (SSSR count). The summed E-state index contributed by atoms with van der Waals surface area (Å²) in [5.74, 6) is -0.0281. The normalized spacial score (nSPS) is 9.38. The molecule has 1 aromatic rings. The minimum atomic E-state index is -0.0281. The Kier molecular flexibility index (Phi) is 3.31. The SMILES string of the molecule is CCNC(=O)c1cccc(NC)c1. The Morgan fingerprint density at radius 3 is 2.85 bits per heavy atom. The van der Waals surface area contributed by atoms with Crippen molar-refractivity contribution in [2.75, 3.05) is 18.9 Å². The number of amides is 1. The summed E-state index contributed by atoms with van der Waals surface area (Å²) in [6.07, 6.45) is 0. The van der Waals surface area contributed by atoms with Gasteiger partial charge in [0.1, 0.15) is 0 Å². The zero-order chi connectivity index (χ0) is 9.68. The van der Waals surface area contributed by atoms with Gasteiger partial charge in [-0.15, -0.1) is 0 Å². The highest BCUT2D eigenvalue weighted by Crippen LogP contribution is 2.09. The van der Waals surface area contributed by atoms with Crippen molar-refractivity contribution in [3.05, 3.63) is 29.8 Å². The fourth-order valence-corrected chi connectivity index (χ4v) is 1.08. The monoisotopic (exact) mass is 178 g/mol. The lowest BCUT2D eigenvalue weighted by atomic mass is 10.2. The Labute approximate surface area is 78.2 Å². The summed E-state index contributed by atoms with van der Waals surface area (Å²) in [5, 5.41) is 5.73. The lowest BCUT2D eigenvalue weighted by Crippen LogP contribution is -2.22. The maximum absolute atomic E-state index is 11.4. The molecule has 70 valence electrons. The number of hydrogen-bond acceptors (Lipinski definition) is 2.